The Kier molecular flexibility index (Phi) is 1.69. The van der Waals surface area contributed by atoms with Crippen LogP contribution in [-0.4, -0.2) is 0 Å². The molecule has 0 nitrogen and oxygen atoms in total. The SMILES string of the molecule is C#CC1=CC(F)=CCC1. The van der Waals surface area contributed by atoms with Crippen molar-refractivity contribution in [3.05, 3.63) is 23.6 Å². The molecule has 0 aromatic heterocycles. The maximum absolute atomic E-state index is 12.3. The Morgan fingerprint density at radius 1 is 1.67 bits per heavy atom. The Morgan fingerprint density at radius 3 is 2.89 bits per heavy atom. The van der Waals surface area contributed by atoms with E-state index >= 15 is 0 Å². The first-order valence-electron chi connectivity index (χ1n) is 2.86. The zero-order valence-corrected chi connectivity index (χ0v) is 5.02. The molecule has 0 saturated heterocycles. The van der Waals surface area contributed by atoms with Crippen LogP contribution in [0.2, 0.25) is 0 Å². The summed E-state index contributed by atoms with van der Waals surface area (Å²) in [6.07, 6.45) is 9.55. The van der Waals surface area contributed by atoms with Gasteiger partial charge in [-0.3, -0.25) is 0 Å². The van der Waals surface area contributed by atoms with E-state index in [4.69, 9.17) is 6.42 Å². The van der Waals surface area contributed by atoms with Crippen LogP contribution in [0.1, 0.15) is 12.8 Å². The van der Waals surface area contributed by atoms with E-state index in [1.165, 1.54) is 6.08 Å². The maximum Gasteiger partial charge on any atom is 0.120 e. The van der Waals surface area contributed by atoms with Gasteiger partial charge < -0.3 is 0 Å². The number of terminal acetylenes is 1. The quantitative estimate of drug-likeness (QED) is 0.432. The van der Waals surface area contributed by atoms with Gasteiger partial charge in [0, 0.05) is 5.57 Å². The largest absolute Gasteiger partial charge is 0.207 e. The van der Waals surface area contributed by atoms with Crippen molar-refractivity contribution in [1.29, 1.82) is 0 Å². The second-order valence-electron chi connectivity index (χ2n) is 1.94. The predicted octanol–water partition coefficient (Wildman–Crippen LogP) is 2.19. The van der Waals surface area contributed by atoms with Crippen molar-refractivity contribution >= 4 is 0 Å². The molecular weight excluding hydrogens is 115 g/mol. The molecule has 1 aliphatic rings. The van der Waals surface area contributed by atoms with Crippen molar-refractivity contribution in [3.8, 4) is 12.3 Å². The van der Waals surface area contributed by atoms with E-state index < -0.39 is 0 Å². The molecule has 0 fully saturated rings. The van der Waals surface area contributed by atoms with Gasteiger partial charge in [-0.1, -0.05) is 5.92 Å². The molecule has 0 amide bonds. The van der Waals surface area contributed by atoms with Crippen molar-refractivity contribution in [2.45, 2.75) is 12.8 Å². The van der Waals surface area contributed by atoms with Gasteiger partial charge in [-0.25, -0.2) is 4.39 Å². The third-order valence-electron chi connectivity index (χ3n) is 1.25. The summed E-state index contributed by atoms with van der Waals surface area (Å²) in [4.78, 5) is 0. The minimum Gasteiger partial charge on any atom is -0.207 e. The molecule has 1 heteroatoms. The molecule has 9 heavy (non-hydrogen) atoms. The van der Waals surface area contributed by atoms with E-state index in [1.54, 1.807) is 6.08 Å². The lowest BCUT2D eigenvalue weighted by atomic mass is 10.1. The van der Waals surface area contributed by atoms with Crippen LogP contribution >= 0.6 is 0 Å². The first-order chi connectivity index (χ1) is 4.33. The average Bonchev–Trinajstić information content (AvgIpc) is 1.88. The van der Waals surface area contributed by atoms with Crippen LogP contribution in [0.25, 0.3) is 0 Å². The average molecular weight is 122 g/mol. The fourth-order valence-corrected chi connectivity index (χ4v) is 0.777. The van der Waals surface area contributed by atoms with Crippen LogP contribution < -0.4 is 0 Å². The van der Waals surface area contributed by atoms with Crippen molar-refractivity contribution in [3.63, 3.8) is 0 Å². The Balaban J connectivity index is 2.78. The topological polar surface area (TPSA) is 0 Å². The summed E-state index contributed by atoms with van der Waals surface area (Å²) < 4.78 is 12.3. The van der Waals surface area contributed by atoms with E-state index in [0.717, 1.165) is 18.4 Å². The van der Waals surface area contributed by atoms with Gasteiger partial charge in [0.1, 0.15) is 5.83 Å². The summed E-state index contributed by atoms with van der Waals surface area (Å²) in [5.74, 6) is 2.21. The van der Waals surface area contributed by atoms with Crippen molar-refractivity contribution in [1.82, 2.24) is 0 Å². The number of hydrogen-bond donors (Lipinski definition) is 0. The molecular formula is C8H7F. The van der Waals surface area contributed by atoms with E-state index in [0.29, 0.717) is 0 Å². The third kappa shape index (κ3) is 1.43. The number of halogens is 1. The van der Waals surface area contributed by atoms with Crippen LogP contribution in [0.15, 0.2) is 23.6 Å². The molecule has 0 N–H and O–H groups in total. The predicted molar refractivity (Wildman–Crippen MR) is 35.3 cm³/mol. The first kappa shape index (κ1) is 6.10. The molecule has 0 aromatic carbocycles. The Morgan fingerprint density at radius 2 is 2.44 bits per heavy atom. The summed E-state index contributed by atoms with van der Waals surface area (Å²) in [6.45, 7) is 0. The van der Waals surface area contributed by atoms with Gasteiger partial charge in [0.2, 0.25) is 0 Å². The third-order valence-corrected chi connectivity index (χ3v) is 1.25. The summed E-state index contributed by atoms with van der Waals surface area (Å²) in [5.41, 5.74) is 0.759. The number of allylic oxidation sites excluding steroid dienone is 4. The maximum atomic E-state index is 12.3. The molecule has 0 heterocycles. The number of hydrogen-bond acceptors (Lipinski definition) is 0. The molecule has 0 saturated carbocycles. The normalized spacial score (nSPS) is 17.8. The van der Waals surface area contributed by atoms with E-state index in [-0.39, 0.29) is 5.83 Å². The van der Waals surface area contributed by atoms with Gasteiger partial charge in [-0.2, -0.15) is 0 Å². The van der Waals surface area contributed by atoms with Gasteiger partial charge in [-0.05, 0) is 25.0 Å². The summed E-state index contributed by atoms with van der Waals surface area (Å²) in [5, 5.41) is 0. The molecule has 1 aliphatic carbocycles. The molecule has 0 aliphatic heterocycles. The summed E-state index contributed by atoms with van der Waals surface area (Å²) >= 11 is 0. The van der Waals surface area contributed by atoms with Crippen LogP contribution in [0.3, 0.4) is 0 Å². The van der Waals surface area contributed by atoms with Gasteiger partial charge in [-0.15, -0.1) is 6.42 Å². The molecule has 1 rings (SSSR count). The monoisotopic (exact) mass is 122 g/mol. The summed E-state index contributed by atoms with van der Waals surface area (Å²) in [6, 6.07) is 0. The molecule has 0 unspecified atom stereocenters. The van der Waals surface area contributed by atoms with Crippen molar-refractivity contribution in [2.75, 3.05) is 0 Å². The van der Waals surface area contributed by atoms with Crippen LogP contribution in [0, 0.1) is 12.3 Å². The Bertz CT molecular complexity index is 203. The Labute approximate surface area is 54.1 Å². The van der Waals surface area contributed by atoms with Gasteiger partial charge in [0.05, 0.1) is 0 Å². The van der Waals surface area contributed by atoms with Gasteiger partial charge in [0.15, 0.2) is 0 Å². The first-order valence-corrected chi connectivity index (χ1v) is 2.86. The van der Waals surface area contributed by atoms with E-state index in [2.05, 4.69) is 5.92 Å². The summed E-state index contributed by atoms with van der Waals surface area (Å²) in [7, 11) is 0. The highest BCUT2D eigenvalue weighted by atomic mass is 19.1. The van der Waals surface area contributed by atoms with Gasteiger partial charge in [0.25, 0.3) is 0 Å². The Hall–Kier alpha value is -1.03. The standard InChI is InChI=1S/C8H7F/c1-2-7-4-3-5-8(9)6-7/h1,5-6H,3-4H2. The van der Waals surface area contributed by atoms with Crippen LogP contribution in [0.5, 0.6) is 0 Å². The van der Waals surface area contributed by atoms with Crippen LogP contribution in [-0.2, 0) is 0 Å². The minimum absolute atomic E-state index is 0.200. The lowest BCUT2D eigenvalue weighted by Gasteiger charge is -2.01. The van der Waals surface area contributed by atoms with E-state index in [9.17, 15) is 4.39 Å². The lowest BCUT2D eigenvalue weighted by Crippen LogP contribution is -1.85. The van der Waals surface area contributed by atoms with Crippen LogP contribution in [0.4, 0.5) is 4.39 Å². The molecule has 46 valence electrons. The molecule has 0 bridgehead atoms. The smallest absolute Gasteiger partial charge is 0.120 e. The highest BCUT2D eigenvalue weighted by Crippen LogP contribution is 2.16. The second-order valence-corrected chi connectivity index (χ2v) is 1.94. The molecule has 0 radical (unpaired) electrons. The van der Waals surface area contributed by atoms with Crippen molar-refractivity contribution < 1.29 is 4.39 Å². The fourth-order valence-electron chi connectivity index (χ4n) is 0.777. The zero-order chi connectivity index (χ0) is 6.69. The molecule has 0 atom stereocenters. The minimum atomic E-state index is -0.200. The molecule has 0 aromatic rings. The van der Waals surface area contributed by atoms with Gasteiger partial charge >= 0.3 is 0 Å². The highest BCUT2D eigenvalue weighted by Gasteiger charge is 2.00. The van der Waals surface area contributed by atoms with E-state index in [1.807, 2.05) is 0 Å². The van der Waals surface area contributed by atoms with Crippen molar-refractivity contribution in [2.24, 2.45) is 0 Å². The lowest BCUT2D eigenvalue weighted by molar-refractivity contribution is 0.650. The highest BCUT2D eigenvalue weighted by molar-refractivity contribution is 5.34. The number of rotatable bonds is 0. The fraction of sp³-hybridized carbons (Fsp3) is 0.250. The zero-order valence-electron chi connectivity index (χ0n) is 5.02. The second kappa shape index (κ2) is 2.50. The molecule has 0 spiro atoms.